The number of nitrogens with one attached hydrogen (secondary N) is 1. The third kappa shape index (κ3) is 4.50. The number of alkyl halides is 3. The van der Waals surface area contributed by atoms with E-state index in [0.717, 1.165) is 0 Å². The molecule has 0 saturated carbocycles. The molecular weight excluding hydrogens is 357 g/mol. The summed E-state index contributed by atoms with van der Waals surface area (Å²) >= 11 is 0. The Morgan fingerprint density at radius 1 is 1.08 bits per heavy atom. The molecule has 0 aliphatic heterocycles. The Labute approximate surface area is 143 Å². The standard InChI is InChI=1S/C16H15F3N2O3S/c1-2-24-20-15(12-8-4-3-5-9-12)13-10-6-7-11-14(13)21-25(22,23)16(17,18)19/h3-11,21H,2H2,1H3/b20-15+. The van der Waals surface area contributed by atoms with Gasteiger partial charge in [-0.05, 0) is 13.0 Å². The van der Waals surface area contributed by atoms with Gasteiger partial charge in [0.2, 0.25) is 0 Å². The number of rotatable bonds is 6. The van der Waals surface area contributed by atoms with Gasteiger partial charge in [0.25, 0.3) is 0 Å². The quantitative estimate of drug-likeness (QED) is 0.620. The van der Waals surface area contributed by atoms with Gasteiger partial charge < -0.3 is 4.84 Å². The van der Waals surface area contributed by atoms with Crippen molar-refractivity contribution in [3.8, 4) is 0 Å². The topological polar surface area (TPSA) is 67.8 Å². The predicted octanol–water partition coefficient (Wildman–Crippen LogP) is 3.74. The van der Waals surface area contributed by atoms with E-state index in [1.54, 1.807) is 48.0 Å². The van der Waals surface area contributed by atoms with E-state index in [1.807, 2.05) is 0 Å². The first-order chi connectivity index (χ1) is 11.8. The van der Waals surface area contributed by atoms with Gasteiger partial charge in [-0.25, -0.2) is 0 Å². The van der Waals surface area contributed by atoms with E-state index in [9.17, 15) is 21.6 Å². The number of halogens is 3. The van der Waals surface area contributed by atoms with E-state index in [1.165, 1.54) is 18.2 Å². The Hall–Kier alpha value is -2.55. The average molecular weight is 372 g/mol. The molecule has 0 aliphatic rings. The first-order valence-corrected chi connectivity index (χ1v) is 8.68. The van der Waals surface area contributed by atoms with E-state index in [0.29, 0.717) is 5.56 Å². The van der Waals surface area contributed by atoms with Crippen molar-refractivity contribution in [1.29, 1.82) is 0 Å². The smallest absolute Gasteiger partial charge is 0.396 e. The number of hydrogen-bond donors (Lipinski definition) is 1. The van der Waals surface area contributed by atoms with E-state index >= 15 is 0 Å². The molecule has 0 heterocycles. The molecule has 0 aliphatic carbocycles. The molecule has 0 saturated heterocycles. The molecule has 0 amide bonds. The van der Waals surface area contributed by atoms with Gasteiger partial charge in [-0.2, -0.15) is 21.6 Å². The van der Waals surface area contributed by atoms with Crippen LogP contribution in [-0.4, -0.2) is 26.2 Å². The van der Waals surface area contributed by atoms with Crippen LogP contribution in [0.5, 0.6) is 0 Å². The predicted molar refractivity (Wildman–Crippen MR) is 88.7 cm³/mol. The van der Waals surface area contributed by atoms with Crippen molar-refractivity contribution in [3.05, 3.63) is 65.7 Å². The van der Waals surface area contributed by atoms with E-state index in [4.69, 9.17) is 4.84 Å². The Balaban J connectivity index is 2.54. The number of sulfonamides is 1. The summed E-state index contributed by atoms with van der Waals surface area (Å²) in [5.41, 5.74) is -4.74. The normalized spacial score (nSPS) is 12.7. The largest absolute Gasteiger partial charge is 0.516 e. The number of oxime groups is 1. The highest BCUT2D eigenvalue weighted by Gasteiger charge is 2.46. The van der Waals surface area contributed by atoms with Gasteiger partial charge in [0.15, 0.2) is 0 Å². The molecule has 0 bridgehead atoms. The van der Waals surface area contributed by atoms with Gasteiger partial charge >= 0.3 is 15.5 Å². The highest BCUT2D eigenvalue weighted by atomic mass is 32.2. The summed E-state index contributed by atoms with van der Waals surface area (Å²) in [6, 6.07) is 14.2. The summed E-state index contributed by atoms with van der Waals surface area (Å²) in [5.74, 6) is 0. The molecule has 0 unspecified atom stereocenters. The van der Waals surface area contributed by atoms with Gasteiger partial charge in [-0.15, -0.1) is 0 Å². The minimum atomic E-state index is -5.56. The third-order valence-electron chi connectivity index (χ3n) is 3.06. The Morgan fingerprint density at radius 3 is 2.28 bits per heavy atom. The van der Waals surface area contributed by atoms with Crippen molar-refractivity contribution in [2.24, 2.45) is 5.16 Å². The monoisotopic (exact) mass is 372 g/mol. The van der Waals surface area contributed by atoms with Crippen molar-refractivity contribution < 1.29 is 26.4 Å². The van der Waals surface area contributed by atoms with Crippen molar-refractivity contribution >= 4 is 21.4 Å². The van der Waals surface area contributed by atoms with Gasteiger partial charge in [0.1, 0.15) is 12.3 Å². The maximum Gasteiger partial charge on any atom is 0.516 e. The van der Waals surface area contributed by atoms with Crippen molar-refractivity contribution in [1.82, 2.24) is 0 Å². The van der Waals surface area contributed by atoms with Crippen LogP contribution in [0.15, 0.2) is 59.8 Å². The number of nitrogens with zero attached hydrogens (tertiary/aromatic N) is 1. The molecule has 134 valence electrons. The zero-order chi connectivity index (χ0) is 18.5. The minimum absolute atomic E-state index is 0.162. The van der Waals surface area contributed by atoms with Gasteiger partial charge in [-0.1, -0.05) is 53.7 Å². The highest BCUT2D eigenvalue weighted by molar-refractivity contribution is 7.93. The lowest BCUT2D eigenvalue weighted by Gasteiger charge is -2.15. The van der Waals surface area contributed by atoms with Crippen molar-refractivity contribution in [2.45, 2.75) is 12.4 Å². The summed E-state index contributed by atoms with van der Waals surface area (Å²) in [6.07, 6.45) is 0. The summed E-state index contributed by atoms with van der Waals surface area (Å²) in [5, 5.41) is 3.94. The summed E-state index contributed by atoms with van der Waals surface area (Å²) in [7, 11) is -5.56. The van der Waals surface area contributed by atoms with Crippen LogP contribution >= 0.6 is 0 Å². The van der Waals surface area contributed by atoms with Crippen LogP contribution < -0.4 is 4.72 Å². The number of anilines is 1. The van der Waals surface area contributed by atoms with E-state index in [2.05, 4.69) is 5.16 Å². The van der Waals surface area contributed by atoms with Crippen LogP contribution in [0.3, 0.4) is 0 Å². The molecule has 2 aromatic carbocycles. The molecule has 1 N–H and O–H groups in total. The van der Waals surface area contributed by atoms with Crippen LogP contribution in [-0.2, 0) is 14.9 Å². The number of hydrogen-bond acceptors (Lipinski definition) is 4. The summed E-state index contributed by atoms with van der Waals surface area (Å²) < 4.78 is 62.5. The second-order valence-corrected chi connectivity index (χ2v) is 6.49. The minimum Gasteiger partial charge on any atom is -0.396 e. The molecule has 9 heteroatoms. The molecule has 0 aromatic heterocycles. The second kappa shape index (κ2) is 7.56. The highest BCUT2D eigenvalue weighted by Crippen LogP contribution is 2.28. The van der Waals surface area contributed by atoms with Gasteiger partial charge in [-0.3, -0.25) is 4.72 Å². The van der Waals surface area contributed by atoms with Crippen LogP contribution in [0, 0.1) is 0 Å². The maximum absolute atomic E-state index is 12.7. The van der Waals surface area contributed by atoms with Crippen molar-refractivity contribution in [3.63, 3.8) is 0 Å². The van der Waals surface area contributed by atoms with Crippen LogP contribution in [0.1, 0.15) is 18.1 Å². The summed E-state index contributed by atoms with van der Waals surface area (Å²) in [4.78, 5) is 5.05. The fraction of sp³-hybridized carbons (Fsp3) is 0.188. The Bertz CT molecular complexity index is 850. The lowest BCUT2D eigenvalue weighted by molar-refractivity contribution is -0.0429. The van der Waals surface area contributed by atoms with Gasteiger partial charge in [0.05, 0.1) is 5.69 Å². The second-order valence-electron chi connectivity index (χ2n) is 4.82. The van der Waals surface area contributed by atoms with Crippen LogP contribution in [0.25, 0.3) is 0 Å². The zero-order valence-corrected chi connectivity index (χ0v) is 13.9. The molecule has 0 spiro atoms. The van der Waals surface area contributed by atoms with Crippen molar-refractivity contribution in [2.75, 3.05) is 11.3 Å². The first kappa shape index (κ1) is 18.8. The molecule has 0 fully saturated rings. The first-order valence-electron chi connectivity index (χ1n) is 7.20. The molecule has 2 rings (SSSR count). The van der Waals surface area contributed by atoms with E-state index in [-0.39, 0.29) is 23.6 Å². The fourth-order valence-corrected chi connectivity index (χ4v) is 2.55. The molecule has 2 aromatic rings. The van der Waals surface area contributed by atoms with Gasteiger partial charge in [0, 0.05) is 11.1 Å². The summed E-state index contributed by atoms with van der Waals surface area (Å²) in [6.45, 7) is 1.94. The number of para-hydroxylation sites is 1. The van der Waals surface area contributed by atoms with E-state index < -0.39 is 15.5 Å². The lowest BCUT2D eigenvalue weighted by atomic mass is 10.0. The Morgan fingerprint density at radius 2 is 1.68 bits per heavy atom. The average Bonchev–Trinajstić information content (AvgIpc) is 2.56. The molecule has 0 radical (unpaired) electrons. The molecule has 0 atom stereocenters. The fourth-order valence-electron chi connectivity index (χ4n) is 1.96. The van der Waals surface area contributed by atoms with Crippen LogP contribution in [0.2, 0.25) is 0 Å². The van der Waals surface area contributed by atoms with Crippen LogP contribution in [0.4, 0.5) is 18.9 Å². The third-order valence-corrected chi connectivity index (χ3v) is 4.16. The molecule has 5 nitrogen and oxygen atoms in total. The lowest BCUT2D eigenvalue weighted by Crippen LogP contribution is -2.30. The zero-order valence-electron chi connectivity index (χ0n) is 13.1. The molecule has 25 heavy (non-hydrogen) atoms. The SMILES string of the molecule is CCO/N=C(\c1ccccc1)c1ccccc1NS(=O)(=O)C(F)(F)F. The Kier molecular flexibility index (Phi) is 5.68. The maximum atomic E-state index is 12.7. The number of benzene rings is 2. The molecular formula is C16H15F3N2O3S.